The molecule has 1 aromatic heterocycles. The van der Waals surface area contributed by atoms with Gasteiger partial charge in [0.15, 0.2) is 6.04 Å². The van der Waals surface area contributed by atoms with Crippen molar-refractivity contribution in [2.75, 3.05) is 18.1 Å². The summed E-state index contributed by atoms with van der Waals surface area (Å²) in [5.74, 6) is 0.758. The smallest absolute Gasteiger partial charge is 0.331 e. The van der Waals surface area contributed by atoms with Crippen molar-refractivity contribution in [3.8, 4) is 0 Å². The Bertz CT molecular complexity index is 450. The minimum atomic E-state index is -1.03. The first-order valence-electron chi connectivity index (χ1n) is 6.00. The van der Waals surface area contributed by atoms with Crippen molar-refractivity contribution in [2.24, 2.45) is 0 Å². The Morgan fingerprint density at radius 3 is 2.95 bits per heavy atom. The van der Waals surface area contributed by atoms with E-state index in [1.54, 1.807) is 22.4 Å². The Morgan fingerprint density at radius 2 is 2.37 bits per heavy atom. The molecule has 0 radical (unpaired) electrons. The van der Waals surface area contributed by atoms with Crippen LogP contribution in [0, 0.1) is 0 Å². The largest absolute Gasteiger partial charge is 0.479 e. The number of carboxylic acids is 1. The lowest BCUT2D eigenvalue weighted by Crippen LogP contribution is -2.50. The van der Waals surface area contributed by atoms with Crippen LogP contribution in [-0.2, 0) is 4.79 Å². The summed E-state index contributed by atoms with van der Waals surface area (Å²) in [5.41, 5.74) is 0. The highest BCUT2D eigenvalue weighted by Crippen LogP contribution is 2.21. The van der Waals surface area contributed by atoms with Gasteiger partial charge in [0.25, 0.3) is 0 Å². The van der Waals surface area contributed by atoms with Crippen LogP contribution in [-0.4, -0.2) is 46.1 Å². The van der Waals surface area contributed by atoms with Gasteiger partial charge in [-0.3, -0.25) is 0 Å². The number of rotatable bonds is 3. The van der Waals surface area contributed by atoms with Gasteiger partial charge >= 0.3 is 12.0 Å². The third-order valence-electron chi connectivity index (χ3n) is 2.97. The minimum Gasteiger partial charge on any atom is -0.479 e. The van der Waals surface area contributed by atoms with E-state index in [4.69, 9.17) is 0 Å². The monoisotopic (exact) mass is 300 g/mol. The number of amides is 2. The second-order valence-corrected chi connectivity index (χ2v) is 6.48. The molecule has 1 aromatic rings. The fourth-order valence-corrected chi connectivity index (χ4v) is 3.73. The number of thioether (sulfide) groups is 1. The summed E-state index contributed by atoms with van der Waals surface area (Å²) in [4.78, 5) is 25.8. The van der Waals surface area contributed by atoms with Crippen LogP contribution in [0.25, 0.3) is 0 Å². The number of hydrogen-bond acceptors (Lipinski definition) is 4. The van der Waals surface area contributed by atoms with Crippen molar-refractivity contribution in [1.29, 1.82) is 0 Å². The van der Waals surface area contributed by atoms with Crippen molar-refractivity contribution in [1.82, 2.24) is 10.2 Å². The maximum Gasteiger partial charge on any atom is 0.331 e. The molecule has 0 aromatic carbocycles. The lowest BCUT2D eigenvalue weighted by molar-refractivity contribution is -0.139. The second kappa shape index (κ2) is 6.29. The molecule has 2 rings (SSSR count). The van der Waals surface area contributed by atoms with Crippen LogP contribution < -0.4 is 5.32 Å². The van der Waals surface area contributed by atoms with Crippen LogP contribution in [0.1, 0.15) is 17.8 Å². The number of aliphatic carboxylic acids is 1. The molecule has 1 saturated heterocycles. The lowest BCUT2D eigenvalue weighted by Gasteiger charge is -2.33. The molecule has 5 nitrogen and oxygen atoms in total. The summed E-state index contributed by atoms with van der Waals surface area (Å²) < 4.78 is 0. The van der Waals surface area contributed by atoms with Crippen LogP contribution in [0.15, 0.2) is 17.5 Å². The van der Waals surface area contributed by atoms with Gasteiger partial charge in [-0.05, 0) is 18.4 Å². The van der Waals surface area contributed by atoms with E-state index in [9.17, 15) is 14.7 Å². The Morgan fingerprint density at radius 1 is 1.58 bits per heavy atom. The van der Waals surface area contributed by atoms with E-state index in [-0.39, 0.29) is 12.1 Å². The van der Waals surface area contributed by atoms with Crippen molar-refractivity contribution in [3.63, 3.8) is 0 Å². The van der Waals surface area contributed by atoms with E-state index in [0.717, 1.165) is 11.5 Å². The first kappa shape index (κ1) is 14.2. The summed E-state index contributed by atoms with van der Waals surface area (Å²) in [6.45, 7) is 2.64. The zero-order valence-electron chi connectivity index (χ0n) is 10.5. The van der Waals surface area contributed by atoms with Gasteiger partial charge in [-0.1, -0.05) is 6.07 Å². The molecule has 2 N–H and O–H groups in total. The molecule has 2 amide bonds. The molecule has 1 fully saturated rings. The van der Waals surface area contributed by atoms with Crippen LogP contribution in [0.4, 0.5) is 4.79 Å². The standard InChI is InChI=1S/C12H16N2O3S2/c1-8-7-18-6-4-14(8)12(17)13-10(11(15)16)9-3-2-5-19-9/h2-3,5,8,10H,4,6-7H2,1H3,(H,13,17)(H,15,16). The highest BCUT2D eigenvalue weighted by molar-refractivity contribution is 7.99. The van der Waals surface area contributed by atoms with E-state index >= 15 is 0 Å². The third-order valence-corrected chi connectivity index (χ3v) is 5.10. The average molecular weight is 300 g/mol. The van der Waals surface area contributed by atoms with Gasteiger partial charge in [0.1, 0.15) is 0 Å². The molecule has 19 heavy (non-hydrogen) atoms. The van der Waals surface area contributed by atoms with E-state index in [1.807, 2.05) is 18.7 Å². The van der Waals surface area contributed by atoms with Gasteiger partial charge in [-0.25, -0.2) is 9.59 Å². The zero-order chi connectivity index (χ0) is 13.8. The van der Waals surface area contributed by atoms with Crippen molar-refractivity contribution < 1.29 is 14.7 Å². The first-order chi connectivity index (χ1) is 9.09. The van der Waals surface area contributed by atoms with Gasteiger partial charge in [0.05, 0.1) is 0 Å². The summed E-state index contributed by atoms with van der Waals surface area (Å²) in [7, 11) is 0. The van der Waals surface area contributed by atoms with Crippen molar-refractivity contribution >= 4 is 35.1 Å². The molecule has 2 atom stereocenters. The summed E-state index contributed by atoms with van der Waals surface area (Å²) >= 11 is 3.14. The predicted molar refractivity (Wildman–Crippen MR) is 76.7 cm³/mol. The quantitative estimate of drug-likeness (QED) is 0.896. The minimum absolute atomic E-state index is 0.136. The number of hydrogen-bond donors (Lipinski definition) is 2. The van der Waals surface area contributed by atoms with E-state index in [2.05, 4.69) is 5.32 Å². The molecule has 104 valence electrons. The van der Waals surface area contributed by atoms with E-state index < -0.39 is 12.0 Å². The van der Waals surface area contributed by atoms with Gasteiger partial charge < -0.3 is 15.3 Å². The van der Waals surface area contributed by atoms with Crippen LogP contribution >= 0.6 is 23.1 Å². The number of carbonyl (C=O) groups excluding carboxylic acids is 1. The van der Waals surface area contributed by atoms with Crippen LogP contribution in [0.3, 0.4) is 0 Å². The molecule has 2 heterocycles. The Hall–Kier alpha value is -1.21. The highest BCUT2D eigenvalue weighted by Gasteiger charge is 2.29. The molecule has 0 bridgehead atoms. The van der Waals surface area contributed by atoms with Gasteiger partial charge in [0.2, 0.25) is 0 Å². The zero-order valence-corrected chi connectivity index (χ0v) is 12.2. The normalized spacial score (nSPS) is 20.9. The first-order valence-corrected chi connectivity index (χ1v) is 8.04. The topological polar surface area (TPSA) is 69.6 Å². The van der Waals surface area contributed by atoms with Gasteiger partial charge in [-0.2, -0.15) is 11.8 Å². The number of nitrogens with one attached hydrogen (secondary N) is 1. The number of carboxylic acid groups (broad SMARTS) is 1. The number of carbonyl (C=O) groups is 2. The third kappa shape index (κ3) is 3.42. The number of nitrogens with zero attached hydrogens (tertiary/aromatic N) is 1. The SMILES string of the molecule is CC1CSCCN1C(=O)NC(C(=O)O)c1cccs1. The van der Waals surface area contributed by atoms with Crippen molar-refractivity contribution in [2.45, 2.75) is 19.0 Å². The fraction of sp³-hybridized carbons (Fsp3) is 0.500. The maximum atomic E-state index is 12.2. The fourth-order valence-electron chi connectivity index (χ4n) is 1.95. The molecule has 0 aliphatic carbocycles. The van der Waals surface area contributed by atoms with Crippen molar-refractivity contribution in [3.05, 3.63) is 22.4 Å². The van der Waals surface area contributed by atoms with Crippen LogP contribution in [0.2, 0.25) is 0 Å². The molecule has 7 heteroatoms. The average Bonchev–Trinajstić information content (AvgIpc) is 2.89. The van der Waals surface area contributed by atoms with E-state index in [0.29, 0.717) is 11.4 Å². The lowest BCUT2D eigenvalue weighted by atomic mass is 10.2. The Balaban J connectivity index is 2.05. The predicted octanol–water partition coefficient (Wildman–Crippen LogP) is 2.02. The number of thiophene rings is 1. The summed E-state index contributed by atoms with van der Waals surface area (Å²) in [6, 6.07) is 2.38. The summed E-state index contributed by atoms with van der Waals surface area (Å²) in [6.07, 6.45) is 0. The summed E-state index contributed by atoms with van der Waals surface area (Å²) in [5, 5.41) is 13.6. The maximum absolute atomic E-state index is 12.2. The molecule has 0 spiro atoms. The Labute approximate surface area is 120 Å². The van der Waals surface area contributed by atoms with E-state index in [1.165, 1.54) is 11.3 Å². The molecule has 1 aliphatic heterocycles. The molecule has 1 aliphatic rings. The Kier molecular flexibility index (Phi) is 4.71. The number of urea groups is 1. The molecular formula is C12H16N2O3S2. The van der Waals surface area contributed by atoms with Crippen LogP contribution in [0.5, 0.6) is 0 Å². The van der Waals surface area contributed by atoms with Gasteiger partial charge in [0, 0.05) is 29.0 Å². The molecule has 2 unspecified atom stereocenters. The highest BCUT2D eigenvalue weighted by atomic mass is 32.2. The van der Waals surface area contributed by atoms with Gasteiger partial charge in [-0.15, -0.1) is 11.3 Å². The molecule has 0 saturated carbocycles. The molecular weight excluding hydrogens is 284 g/mol. The second-order valence-electron chi connectivity index (χ2n) is 4.35.